The van der Waals surface area contributed by atoms with Crippen LogP contribution in [0.2, 0.25) is 0 Å². The van der Waals surface area contributed by atoms with Gasteiger partial charge in [-0.25, -0.2) is 4.98 Å². The quantitative estimate of drug-likeness (QED) is 0.899. The average molecular weight is 257 g/mol. The van der Waals surface area contributed by atoms with Crippen molar-refractivity contribution in [2.24, 2.45) is 0 Å². The average Bonchev–Trinajstić information content (AvgIpc) is 2.37. The first-order valence-electron chi connectivity index (χ1n) is 6.47. The van der Waals surface area contributed by atoms with Crippen molar-refractivity contribution in [3.63, 3.8) is 0 Å². The van der Waals surface area contributed by atoms with Crippen molar-refractivity contribution in [2.75, 3.05) is 0 Å². The van der Waals surface area contributed by atoms with Crippen LogP contribution in [0.15, 0.2) is 29.3 Å². The van der Waals surface area contributed by atoms with E-state index in [-0.39, 0.29) is 11.0 Å². The second kappa shape index (κ2) is 4.96. The SMILES string of the molecule is CCc1cnccc1-c1nc(C(C)(C)C)cc(=O)[nH]1. The minimum atomic E-state index is -0.150. The van der Waals surface area contributed by atoms with Gasteiger partial charge in [-0.2, -0.15) is 0 Å². The molecular weight excluding hydrogens is 238 g/mol. The topological polar surface area (TPSA) is 58.6 Å². The Morgan fingerprint density at radius 2 is 2.05 bits per heavy atom. The molecule has 4 nitrogen and oxygen atoms in total. The molecule has 100 valence electrons. The van der Waals surface area contributed by atoms with E-state index in [4.69, 9.17) is 0 Å². The summed E-state index contributed by atoms with van der Waals surface area (Å²) in [6.07, 6.45) is 4.39. The van der Waals surface area contributed by atoms with E-state index in [1.54, 1.807) is 12.3 Å². The zero-order valence-corrected chi connectivity index (χ0v) is 11.8. The molecule has 0 bridgehead atoms. The van der Waals surface area contributed by atoms with E-state index in [2.05, 4.69) is 21.9 Å². The highest BCUT2D eigenvalue weighted by Gasteiger charge is 2.18. The second-order valence-electron chi connectivity index (χ2n) is 5.62. The molecule has 0 saturated carbocycles. The Balaban J connectivity index is 2.63. The first-order valence-corrected chi connectivity index (χ1v) is 6.47. The van der Waals surface area contributed by atoms with Gasteiger partial charge in [0.05, 0.1) is 5.69 Å². The lowest BCUT2D eigenvalue weighted by Gasteiger charge is -2.18. The molecule has 2 rings (SSSR count). The normalized spacial score (nSPS) is 11.6. The Kier molecular flexibility index (Phi) is 3.51. The summed E-state index contributed by atoms with van der Waals surface area (Å²) in [5.41, 5.74) is 2.55. The smallest absolute Gasteiger partial charge is 0.251 e. The van der Waals surface area contributed by atoms with E-state index in [0.29, 0.717) is 5.82 Å². The van der Waals surface area contributed by atoms with E-state index < -0.39 is 0 Å². The lowest BCUT2D eigenvalue weighted by atomic mass is 9.92. The largest absolute Gasteiger partial charge is 0.307 e. The fraction of sp³-hybridized carbons (Fsp3) is 0.400. The molecule has 0 aliphatic rings. The zero-order chi connectivity index (χ0) is 14.0. The maximum atomic E-state index is 11.8. The molecule has 2 heterocycles. The lowest BCUT2D eigenvalue weighted by Crippen LogP contribution is -2.20. The van der Waals surface area contributed by atoms with Crippen LogP contribution in [0.1, 0.15) is 39.0 Å². The molecule has 0 unspecified atom stereocenters. The molecule has 0 aromatic carbocycles. The fourth-order valence-electron chi connectivity index (χ4n) is 1.91. The second-order valence-corrected chi connectivity index (χ2v) is 5.62. The number of hydrogen-bond acceptors (Lipinski definition) is 3. The summed E-state index contributed by atoms with van der Waals surface area (Å²) in [5, 5.41) is 0. The third kappa shape index (κ3) is 2.89. The van der Waals surface area contributed by atoms with Gasteiger partial charge in [-0.15, -0.1) is 0 Å². The molecule has 1 N–H and O–H groups in total. The summed E-state index contributed by atoms with van der Waals surface area (Å²) in [7, 11) is 0. The third-order valence-electron chi connectivity index (χ3n) is 3.05. The van der Waals surface area contributed by atoms with Crippen molar-refractivity contribution in [3.05, 3.63) is 46.1 Å². The number of aromatic nitrogens is 3. The zero-order valence-electron chi connectivity index (χ0n) is 11.8. The Morgan fingerprint density at radius 1 is 1.32 bits per heavy atom. The molecule has 0 amide bonds. The Morgan fingerprint density at radius 3 is 2.68 bits per heavy atom. The molecule has 2 aromatic heterocycles. The number of pyridine rings is 1. The summed E-state index contributed by atoms with van der Waals surface area (Å²) in [6.45, 7) is 8.20. The van der Waals surface area contributed by atoms with Gasteiger partial charge in [0.1, 0.15) is 5.82 Å². The van der Waals surface area contributed by atoms with Gasteiger partial charge in [-0.3, -0.25) is 9.78 Å². The number of rotatable bonds is 2. The maximum Gasteiger partial charge on any atom is 0.251 e. The molecule has 0 spiro atoms. The van der Waals surface area contributed by atoms with Gasteiger partial charge < -0.3 is 4.98 Å². The van der Waals surface area contributed by atoms with Gasteiger partial charge >= 0.3 is 0 Å². The molecule has 0 saturated heterocycles. The van der Waals surface area contributed by atoms with E-state index in [9.17, 15) is 4.79 Å². The van der Waals surface area contributed by atoms with Gasteiger partial charge in [0, 0.05) is 29.4 Å². The highest BCUT2D eigenvalue weighted by molar-refractivity contribution is 5.59. The van der Waals surface area contributed by atoms with Crippen LogP contribution in [-0.4, -0.2) is 15.0 Å². The fourth-order valence-corrected chi connectivity index (χ4v) is 1.91. The number of H-pyrrole nitrogens is 1. The maximum absolute atomic E-state index is 11.8. The van der Waals surface area contributed by atoms with Crippen LogP contribution >= 0.6 is 0 Å². The van der Waals surface area contributed by atoms with E-state index >= 15 is 0 Å². The van der Waals surface area contributed by atoms with Crippen molar-refractivity contribution in [1.82, 2.24) is 15.0 Å². The van der Waals surface area contributed by atoms with Gasteiger partial charge in [-0.05, 0) is 18.1 Å². The van der Waals surface area contributed by atoms with Gasteiger partial charge in [0.2, 0.25) is 0 Å². The van der Waals surface area contributed by atoms with Gasteiger partial charge in [0.15, 0.2) is 0 Å². The molecule has 0 atom stereocenters. The highest BCUT2D eigenvalue weighted by Crippen LogP contribution is 2.23. The Bertz CT molecular complexity index is 638. The minimum absolute atomic E-state index is 0.117. The number of nitrogens with one attached hydrogen (secondary N) is 1. The van der Waals surface area contributed by atoms with Crippen LogP contribution in [0.25, 0.3) is 11.4 Å². The van der Waals surface area contributed by atoms with Crippen molar-refractivity contribution in [2.45, 2.75) is 39.5 Å². The van der Waals surface area contributed by atoms with Crippen LogP contribution in [0.3, 0.4) is 0 Å². The number of aryl methyl sites for hydroxylation is 1. The molecule has 0 aliphatic heterocycles. The summed E-state index contributed by atoms with van der Waals surface area (Å²) in [4.78, 5) is 23.4. The van der Waals surface area contributed by atoms with Crippen molar-refractivity contribution >= 4 is 0 Å². The number of nitrogens with zero attached hydrogens (tertiary/aromatic N) is 2. The molecular formula is C15H19N3O. The van der Waals surface area contributed by atoms with Crippen LogP contribution < -0.4 is 5.56 Å². The summed E-state index contributed by atoms with van der Waals surface area (Å²) in [5.74, 6) is 0.622. The standard InChI is InChI=1S/C15H19N3O/c1-5-10-9-16-7-6-11(10)14-17-12(15(2,3)4)8-13(19)18-14/h6-9H,5H2,1-4H3,(H,17,18,19). The summed E-state index contributed by atoms with van der Waals surface area (Å²) < 4.78 is 0. The molecule has 2 aromatic rings. The Hall–Kier alpha value is -1.97. The predicted molar refractivity (Wildman–Crippen MR) is 76.2 cm³/mol. The molecule has 0 fully saturated rings. The first-order chi connectivity index (χ1) is 8.91. The van der Waals surface area contributed by atoms with Gasteiger partial charge in [-0.1, -0.05) is 27.7 Å². The van der Waals surface area contributed by atoms with Crippen LogP contribution in [0.5, 0.6) is 0 Å². The van der Waals surface area contributed by atoms with Crippen molar-refractivity contribution in [1.29, 1.82) is 0 Å². The van der Waals surface area contributed by atoms with E-state index in [0.717, 1.165) is 23.2 Å². The number of hydrogen-bond donors (Lipinski definition) is 1. The monoisotopic (exact) mass is 257 g/mol. The third-order valence-corrected chi connectivity index (χ3v) is 3.05. The first kappa shape index (κ1) is 13.5. The Labute approximate surface area is 112 Å². The molecule has 0 aliphatic carbocycles. The lowest BCUT2D eigenvalue weighted by molar-refractivity contribution is 0.566. The minimum Gasteiger partial charge on any atom is -0.307 e. The summed E-state index contributed by atoms with van der Waals surface area (Å²) >= 11 is 0. The van der Waals surface area contributed by atoms with Crippen molar-refractivity contribution in [3.8, 4) is 11.4 Å². The van der Waals surface area contributed by atoms with Crippen LogP contribution in [0, 0.1) is 0 Å². The van der Waals surface area contributed by atoms with Crippen LogP contribution in [-0.2, 0) is 11.8 Å². The highest BCUT2D eigenvalue weighted by atomic mass is 16.1. The van der Waals surface area contributed by atoms with Gasteiger partial charge in [0.25, 0.3) is 5.56 Å². The molecule has 4 heteroatoms. The number of aromatic amines is 1. The van der Waals surface area contributed by atoms with E-state index in [1.165, 1.54) is 0 Å². The molecule has 0 radical (unpaired) electrons. The van der Waals surface area contributed by atoms with E-state index in [1.807, 2.05) is 33.0 Å². The summed E-state index contributed by atoms with van der Waals surface area (Å²) in [6, 6.07) is 3.46. The van der Waals surface area contributed by atoms with Crippen LogP contribution in [0.4, 0.5) is 0 Å². The van der Waals surface area contributed by atoms with Crippen molar-refractivity contribution < 1.29 is 0 Å². The predicted octanol–water partition coefficient (Wildman–Crippen LogP) is 2.69. The molecule has 19 heavy (non-hydrogen) atoms.